The SMILES string of the molecule is CCCCS(=O)(=O)Nc1cc(N[C@H](C)CO)nc(SCc2ccccc2)n1. The molecule has 2 aromatic rings. The number of aliphatic hydroxyl groups is 1. The van der Waals surface area contributed by atoms with Crippen LogP contribution in [0.5, 0.6) is 0 Å². The smallest absolute Gasteiger partial charge is 0.233 e. The fourth-order valence-corrected chi connectivity index (χ4v) is 4.19. The summed E-state index contributed by atoms with van der Waals surface area (Å²) >= 11 is 1.42. The maximum atomic E-state index is 12.2. The van der Waals surface area contributed by atoms with Crippen molar-refractivity contribution in [3.05, 3.63) is 42.0 Å². The molecule has 0 spiro atoms. The highest BCUT2D eigenvalue weighted by Crippen LogP contribution is 2.24. The highest BCUT2D eigenvalue weighted by atomic mass is 32.2. The molecule has 1 atom stereocenters. The summed E-state index contributed by atoms with van der Waals surface area (Å²) in [5.41, 5.74) is 1.12. The molecule has 1 aromatic carbocycles. The summed E-state index contributed by atoms with van der Waals surface area (Å²) in [4.78, 5) is 8.76. The lowest BCUT2D eigenvalue weighted by Crippen LogP contribution is -2.21. The number of unbranched alkanes of at least 4 members (excludes halogenated alkanes) is 1. The number of aliphatic hydroxyl groups excluding tert-OH is 1. The lowest BCUT2D eigenvalue weighted by atomic mass is 10.2. The molecule has 0 bridgehead atoms. The second kappa shape index (κ2) is 10.5. The average Bonchev–Trinajstić information content (AvgIpc) is 2.65. The van der Waals surface area contributed by atoms with Gasteiger partial charge in [-0.3, -0.25) is 4.72 Å². The normalized spacial score (nSPS) is 12.6. The van der Waals surface area contributed by atoms with Crippen molar-refractivity contribution in [3.63, 3.8) is 0 Å². The van der Waals surface area contributed by atoms with Crippen LogP contribution in [0.25, 0.3) is 0 Å². The molecule has 7 nitrogen and oxygen atoms in total. The summed E-state index contributed by atoms with van der Waals surface area (Å²) in [7, 11) is -3.46. The molecular weight excluding hydrogens is 384 g/mol. The van der Waals surface area contributed by atoms with Crippen LogP contribution in [0.1, 0.15) is 32.3 Å². The molecule has 0 aliphatic heterocycles. The van der Waals surface area contributed by atoms with Crippen LogP contribution in [-0.2, 0) is 15.8 Å². The lowest BCUT2D eigenvalue weighted by Gasteiger charge is -2.14. The summed E-state index contributed by atoms with van der Waals surface area (Å²) in [5.74, 6) is 1.41. The molecule has 27 heavy (non-hydrogen) atoms. The van der Waals surface area contributed by atoms with E-state index in [1.54, 1.807) is 6.07 Å². The van der Waals surface area contributed by atoms with E-state index >= 15 is 0 Å². The molecule has 1 heterocycles. The molecular formula is C18H26N4O3S2. The minimum Gasteiger partial charge on any atom is -0.394 e. The van der Waals surface area contributed by atoms with Gasteiger partial charge >= 0.3 is 0 Å². The van der Waals surface area contributed by atoms with Gasteiger partial charge in [-0.1, -0.05) is 55.4 Å². The minimum absolute atomic E-state index is 0.0514. The topological polar surface area (TPSA) is 104 Å². The van der Waals surface area contributed by atoms with Gasteiger partial charge in [0.05, 0.1) is 12.4 Å². The summed E-state index contributed by atoms with van der Waals surface area (Å²) < 4.78 is 26.9. The Kier molecular flexibility index (Phi) is 8.33. The van der Waals surface area contributed by atoms with E-state index in [4.69, 9.17) is 0 Å². The molecule has 0 radical (unpaired) electrons. The number of nitrogens with one attached hydrogen (secondary N) is 2. The number of thioether (sulfide) groups is 1. The first-order valence-corrected chi connectivity index (χ1v) is 11.5. The fraction of sp³-hybridized carbons (Fsp3) is 0.444. The number of anilines is 2. The number of aromatic nitrogens is 2. The van der Waals surface area contributed by atoms with Gasteiger partial charge in [0.2, 0.25) is 10.0 Å². The third-order valence-corrected chi connectivity index (χ3v) is 5.88. The van der Waals surface area contributed by atoms with Crippen molar-refractivity contribution in [3.8, 4) is 0 Å². The number of hydrogen-bond acceptors (Lipinski definition) is 7. The van der Waals surface area contributed by atoms with Gasteiger partial charge in [-0.25, -0.2) is 18.4 Å². The second-order valence-corrected chi connectivity index (χ2v) is 8.98. The van der Waals surface area contributed by atoms with E-state index in [1.807, 2.05) is 44.2 Å². The molecule has 0 aliphatic rings. The quantitative estimate of drug-likeness (QED) is 0.386. The average molecular weight is 411 g/mol. The molecule has 2 rings (SSSR count). The maximum absolute atomic E-state index is 12.2. The van der Waals surface area contributed by atoms with E-state index in [1.165, 1.54) is 11.8 Å². The van der Waals surface area contributed by atoms with Gasteiger partial charge in [0.1, 0.15) is 11.6 Å². The Morgan fingerprint density at radius 3 is 2.56 bits per heavy atom. The standard InChI is InChI=1S/C18H26N4O3S2/c1-3-4-10-27(24,25)22-17-11-16(19-14(2)12-23)20-18(21-17)26-13-15-8-6-5-7-9-15/h5-9,11,14,23H,3-4,10,12-13H2,1-2H3,(H2,19,20,21,22)/t14-/m1/s1. The third kappa shape index (κ3) is 7.74. The van der Waals surface area contributed by atoms with Crippen molar-refractivity contribution < 1.29 is 13.5 Å². The fourth-order valence-electron chi connectivity index (χ4n) is 2.18. The van der Waals surface area contributed by atoms with Crippen LogP contribution in [0.2, 0.25) is 0 Å². The second-order valence-electron chi connectivity index (χ2n) is 6.20. The largest absolute Gasteiger partial charge is 0.394 e. The number of nitrogens with zero attached hydrogens (tertiary/aromatic N) is 2. The van der Waals surface area contributed by atoms with E-state index < -0.39 is 10.0 Å². The first-order chi connectivity index (χ1) is 12.9. The van der Waals surface area contributed by atoms with E-state index in [-0.39, 0.29) is 24.2 Å². The van der Waals surface area contributed by atoms with E-state index in [2.05, 4.69) is 20.0 Å². The van der Waals surface area contributed by atoms with Crippen molar-refractivity contribution in [2.24, 2.45) is 0 Å². The predicted molar refractivity (Wildman–Crippen MR) is 111 cm³/mol. The lowest BCUT2D eigenvalue weighted by molar-refractivity contribution is 0.281. The van der Waals surface area contributed by atoms with Gasteiger partial charge in [-0.2, -0.15) is 0 Å². The highest BCUT2D eigenvalue weighted by Gasteiger charge is 2.14. The van der Waals surface area contributed by atoms with Crippen molar-refractivity contribution >= 4 is 33.4 Å². The first kappa shape index (κ1) is 21.5. The molecule has 148 valence electrons. The summed E-state index contributed by atoms with van der Waals surface area (Å²) in [6.45, 7) is 3.69. The Morgan fingerprint density at radius 2 is 1.89 bits per heavy atom. The molecule has 3 N–H and O–H groups in total. The third-order valence-electron chi connectivity index (χ3n) is 3.61. The Hall–Kier alpha value is -1.84. The molecule has 0 aliphatic carbocycles. The Labute approximate surface area is 165 Å². The van der Waals surface area contributed by atoms with Gasteiger partial charge in [-0.15, -0.1) is 0 Å². The zero-order valence-electron chi connectivity index (χ0n) is 15.6. The monoisotopic (exact) mass is 410 g/mol. The van der Waals surface area contributed by atoms with Crippen molar-refractivity contribution in [2.45, 2.75) is 43.6 Å². The molecule has 9 heteroatoms. The van der Waals surface area contributed by atoms with Crippen LogP contribution in [0, 0.1) is 0 Å². The van der Waals surface area contributed by atoms with Gasteiger partial charge in [-0.05, 0) is 18.9 Å². The molecule has 0 saturated heterocycles. The molecule has 0 amide bonds. The number of sulfonamides is 1. The number of hydrogen-bond donors (Lipinski definition) is 3. The van der Waals surface area contributed by atoms with Crippen LogP contribution in [-0.4, -0.2) is 41.9 Å². The summed E-state index contributed by atoms with van der Waals surface area (Å²) in [5, 5.41) is 12.8. The molecule has 0 unspecified atom stereocenters. The number of rotatable bonds is 11. The summed E-state index contributed by atoms with van der Waals surface area (Å²) in [6.07, 6.45) is 1.38. The minimum atomic E-state index is -3.46. The first-order valence-electron chi connectivity index (χ1n) is 8.85. The predicted octanol–water partition coefficient (Wildman–Crippen LogP) is 3.10. The highest BCUT2D eigenvalue weighted by molar-refractivity contribution is 7.98. The van der Waals surface area contributed by atoms with Gasteiger partial charge < -0.3 is 10.4 Å². The van der Waals surface area contributed by atoms with Gasteiger partial charge in [0.15, 0.2) is 5.16 Å². The Bertz CT molecular complexity index is 817. The van der Waals surface area contributed by atoms with E-state index in [0.717, 1.165) is 12.0 Å². The van der Waals surface area contributed by atoms with Crippen LogP contribution >= 0.6 is 11.8 Å². The summed E-state index contributed by atoms with van der Waals surface area (Å²) in [6, 6.07) is 11.2. The zero-order chi connectivity index (χ0) is 19.7. The molecule has 0 fully saturated rings. The molecule has 1 aromatic heterocycles. The maximum Gasteiger partial charge on any atom is 0.233 e. The van der Waals surface area contributed by atoms with Gasteiger partial charge in [0, 0.05) is 17.9 Å². The van der Waals surface area contributed by atoms with Gasteiger partial charge in [0.25, 0.3) is 0 Å². The van der Waals surface area contributed by atoms with E-state index in [9.17, 15) is 13.5 Å². The van der Waals surface area contributed by atoms with Crippen molar-refractivity contribution in [1.82, 2.24) is 9.97 Å². The zero-order valence-corrected chi connectivity index (χ0v) is 17.2. The van der Waals surface area contributed by atoms with Crippen LogP contribution in [0.4, 0.5) is 11.6 Å². The van der Waals surface area contributed by atoms with Crippen LogP contribution in [0.15, 0.2) is 41.6 Å². The van der Waals surface area contributed by atoms with E-state index in [0.29, 0.717) is 23.1 Å². The van der Waals surface area contributed by atoms with Crippen LogP contribution < -0.4 is 10.0 Å². The van der Waals surface area contributed by atoms with Crippen LogP contribution in [0.3, 0.4) is 0 Å². The van der Waals surface area contributed by atoms with Crippen molar-refractivity contribution in [2.75, 3.05) is 22.4 Å². The Balaban J connectivity index is 2.19. The van der Waals surface area contributed by atoms with Crippen molar-refractivity contribution in [1.29, 1.82) is 0 Å². The molecule has 0 saturated carbocycles. The Morgan fingerprint density at radius 1 is 1.19 bits per heavy atom. The number of benzene rings is 1.